The average Bonchev–Trinajstić information content (AvgIpc) is 3.20. The summed E-state index contributed by atoms with van der Waals surface area (Å²) in [6, 6.07) is 12.2. The van der Waals surface area contributed by atoms with E-state index in [1.807, 2.05) is 29.2 Å². The minimum atomic E-state index is 0.164. The Morgan fingerprint density at radius 2 is 2.10 bits per heavy atom. The van der Waals surface area contributed by atoms with Crippen LogP contribution < -0.4 is 4.90 Å². The molecule has 2 aromatic heterocycles. The monoisotopic (exact) mass is 297 g/mol. The van der Waals surface area contributed by atoms with Gasteiger partial charge in [0.25, 0.3) is 0 Å². The fourth-order valence-electron chi connectivity index (χ4n) is 2.85. The summed E-state index contributed by atoms with van der Waals surface area (Å²) >= 11 is 1.71. The van der Waals surface area contributed by atoms with Crippen LogP contribution in [0.2, 0.25) is 0 Å². The molecule has 21 heavy (non-hydrogen) atoms. The van der Waals surface area contributed by atoms with E-state index < -0.39 is 0 Å². The largest absolute Gasteiger partial charge is 0.308 e. The molecule has 0 spiro atoms. The van der Waals surface area contributed by atoms with Crippen molar-refractivity contribution in [1.82, 2.24) is 9.55 Å². The van der Waals surface area contributed by atoms with Crippen LogP contribution in [-0.4, -0.2) is 22.0 Å². The Hall–Kier alpha value is -2.14. The van der Waals surface area contributed by atoms with Crippen molar-refractivity contribution in [1.29, 1.82) is 0 Å². The number of carbonyl (C=O) groups excluding carboxylic acids is 1. The first-order valence-electron chi connectivity index (χ1n) is 7.11. The van der Waals surface area contributed by atoms with E-state index in [1.165, 1.54) is 4.88 Å². The number of carbonyl (C=O) groups is 1. The van der Waals surface area contributed by atoms with Crippen molar-refractivity contribution in [3.63, 3.8) is 0 Å². The van der Waals surface area contributed by atoms with E-state index in [0.29, 0.717) is 6.42 Å². The topological polar surface area (TPSA) is 38.1 Å². The van der Waals surface area contributed by atoms with Gasteiger partial charge in [-0.15, -0.1) is 11.3 Å². The predicted molar refractivity (Wildman–Crippen MR) is 84.7 cm³/mol. The third-order valence-electron chi connectivity index (χ3n) is 3.89. The van der Waals surface area contributed by atoms with Crippen LogP contribution in [0.3, 0.4) is 0 Å². The molecule has 1 aliphatic rings. The molecule has 1 aliphatic heterocycles. The molecule has 3 aromatic rings. The van der Waals surface area contributed by atoms with Crippen LogP contribution in [0.5, 0.6) is 0 Å². The number of hydrogen-bond acceptors (Lipinski definition) is 3. The van der Waals surface area contributed by atoms with Crippen LogP contribution in [-0.2, 0) is 17.8 Å². The molecule has 5 heteroatoms. The third kappa shape index (κ3) is 2.14. The lowest BCUT2D eigenvalue weighted by atomic mass is 10.2. The average molecular weight is 297 g/mol. The van der Waals surface area contributed by atoms with Gasteiger partial charge in [-0.05, 0) is 30.0 Å². The van der Waals surface area contributed by atoms with Crippen LogP contribution in [0.4, 0.5) is 5.95 Å². The summed E-state index contributed by atoms with van der Waals surface area (Å²) in [6.07, 6.45) is 1.36. The molecule has 0 saturated carbocycles. The van der Waals surface area contributed by atoms with Gasteiger partial charge in [-0.3, -0.25) is 9.69 Å². The molecule has 0 N–H and O–H groups in total. The highest BCUT2D eigenvalue weighted by Crippen LogP contribution is 2.27. The molecule has 0 bridgehead atoms. The summed E-state index contributed by atoms with van der Waals surface area (Å²) in [7, 11) is 0. The van der Waals surface area contributed by atoms with E-state index in [2.05, 4.69) is 27.1 Å². The Morgan fingerprint density at radius 1 is 1.19 bits per heavy atom. The highest BCUT2D eigenvalue weighted by molar-refractivity contribution is 7.09. The summed E-state index contributed by atoms with van der Waals surface area (Å²) in [5.74, 6) is 0.963. The Balaban J connectivity index is 1.57. The normalized spacial score (nSPS) is 13.8. The fraction of sp³-hybridized carbons (Fsp3) is 0.250. The van der Waals surface area contributed by atoms with Gasteiger partial charge in [-0.2, -0.15) is 0 Å². The standard InChI is InChI=1S/C16H15N3OS/c20-15(8-7-12-4-3-11-21-12)19-10-9-18-14-6-2-1-5-13(14)17-16(18)19/h1-6,11H,7-10H2. The molecule has 4 rings (SSSR count). The minimum Gasteiger partial charge on any atom is -0.308 e. The molecule has 1 amide bonds. The van der Waals surface area contributed by atoms with Crippen molar-refractivity contribution in [2.75, 3.05) is 11.4 Å². The van der Waals surface area contributed by atoms with Gasteiger partial charge in [0.05, 0.1) is 11.0 Å². The number of thiophene rings is 1. The van der Waals surface area contributed by atoms with Crippen LogP contribution >= 0.6 is 11.3 Å². The van der Waals surface area contributed by atoms with E-state index in [9.17, 15) is 4.79 Å². The van der Waals surface area contributed by atoms with Gasteiger partial charge in [0.1, 0.15) is 0 Å². The molecular weight excluding hydrogens is 282 g/mol. The molecule has 106 valence electrons. The van der Waals surface area contributed by atoms with E-state index >= 15 is 0 Å². The van der Waals surface area contributed by atoms with Crippen molar-refractivity contribution in [3.05, 3.63) is 46.7 Å². The van der Waals surface area contributed by atoms with E-state index in [0.717, 1.165) is 36.5 Å². The summed E-state index contributed by atoms with van der Waals surface area (Å²) in [6.45, 7) is 1.57. The van der Waals surface area contributed by atoms with Gasteiger partial charge < -0.3 is 4.57 Å². The summed E-state index contributed by atoms with van der Waals surface area (Å²) in [5.41, 5.74) is 2.07. The Morgan fingerprint density at radius 3 is 2.95 bits per heavy atom. The van der Waals surface area contributed by atoms with E-state index in [-0.39, 0.29) is 5.91 Å². The molecule has 0 aliphatic carbocycles. The quantitative estimate of drug-likeness (QED) is 0.745. The molecule has 3 heterocycles. The van der Waals surface area contributed by atoms with Crippen molar-refractivity contribution in [2.24, 2.45) is 0 Å². The Kier molecular flexibility index (Phi) is 3.00. The number of aryl methyl sites for hydroxylation is 1. The van der Waals surface area contributed by atoms with Crippen molar-refractivity contribution in [2.45, 2.75) is 19.4 Å². The number of nitrogens with zero attached hydrogens (tertiary/aromatic N) is 3. The smallest absolute Gasteiger partial charge is 0.229 e. The first-order valence-corrected chi connectivity index (χ1v) is 7.99. The van der Waals surface area contributed by atoms with E-state index in [4.69, 9.17) is 0 Å². The van der Waals surface area contributed by atoms with Gasteiger partial charge >= 0.3 is 0 Å². The zero-order valence-electron chi connectivity index (χ0n) is 11.5. The molecule has 0 saturated heterocycles. The zero-order valence-corrected chi connectivity index (χ0v) is 12.3. The number of aromatic nitrogens is 2. The molecular formula is C16H15N3OS. The Labute approximate surface area is 126 Å². The number of imidazole rings is 1. The Bertz CT molecular complexity index is 791. The second-order valence-electron chi connectivity index (χ2n) is 5.18. The maximum Gasteiger partial charge on any atom is 0.229 e. The van der Waals surface area contributed by atoms with Gasteiger partial charge in [0.15, 0.2) is 0 Å². The number of anilines is 1. The van der Waals surface area contributed by atoms with Crippen LogP contribution in [0.1, 0.15) is 11.3 Å². The van der Waals surface area contributed by atoms with Gasteiger partial charge in [-0.25, -0.2) is 4.98 Å². The summed E-state index contributed by atoms with van der Waals surface area (Å²) < 4.78 is 2.14. The van der Waals surface area contributed by atoms with Gasteiger partial charge in [0.2, 0.25) is 11.9 Å². The second kappa shape index (κ2) is 5.00. The lowest BCUT2D eigenvalue weighted by Gasteiger charge is -2.13. The lowest BCUT2D eigenvalue weighted by Crippen LogP contribution is -2.29. The molecule has 1 aromatic carbocycles. The molecule has 0 unspecified atom stereocenters. The predicted octanol–water partition coefficient (Wildman–Crippen LogP) is 3.08. The number of rotatable bonds is 3. The first-order chi connectivity index (χ1) is 10.3. The van der Waals surface area contributed by atoms with Gasteiger partial charge in [0, 0.05) is 24.4 Å². The number of hydrogen-bond donors (Lipinski definition) is 0. The minimum absolute atomic E-state index is 0.164. The van der Waals surface area contributed by atoms with Crippen molar-refractivity contribution in [3.8, 4) is 0 Å². The first kappa shape index (κ1) is 12.6. The van der Waals surface area contributed by atoms with Crippen LogP contribution in [0, 0.1) is 0 Å². The van der Waals surface area contributed by atoms with Crippen molar-refractivity contribution < 1.29 is 4.79 Å². The number of benzene rings is 1. The zero-order chi connectivity index (χ0) is 14.2. The summed E-state index contributed by atoms with van der Waals surface area (Å²) in [5, 5.41) is 2.05. The summed E-state index contributed by atoms with van der Waals surface area (Å²) in [4.78, 5) is 20.2. The highest BCUT2D eigenvalue weighted by atomic mass is 32.1. The maximum atomic E-state index is 12.5. The maximum absolute atomic E-state index is 12.5. The molecule has 4 nitrogen and oxygen atoms in total. The second-order valence-corrected chi connectivity index (χ2v) is 6.21. The molecule has 0 fully saturated rings. The SMILES string of the molecule is O=C(CCc1cccs1)N1CCn2c1nc1ccccc12. The number of para-hydroxylation sites is 2. The van der Waals surface area contributed by atoms with Crippen LogP contribution in [0.25, 0.3) is 11.0 Å². The lowest BCUT2D eigenvalue weighted by molar-refractivity contribution is -0.118. The van der Waals surface area contributed by atoms with E-state index in [1.54, 1.807) is 11.3 Å². The molecule has 0 atom stereocenters. The molecule has 0 radical (unpaired) electrons. The van der Waals surface area contributed by atoms with Crippen LogP contribution in [0.15, 0.2) is 41.8 Å². The highest BCUT2D eigenvalue weighted by Gasteiger charge is 2.27. The third-order valence-corrected chi connectivity index (χ3v) is 4.83. The fourth-order valence-corrected chi connectivity index (χ4v) is 3.55. The number of amides is 1. The van der Waals surface area contributed by atoms with Crippen molar-refractivity contribution >= 4 is 34.2 Å². The number of fused-ring (bicyclic) bond motifs is 3. The van der Waals surface area contributed by atoms with Gasteiger partial charge in [-0.1, -0.05) is 18.2 Å².